The van der Waals surface area contributed by atoms with Crippen LogP contribution in [0.25, 0.3) is 11.0 Å². The van der Waals surface area contributed by atoms with Gasteiger partial charge in [-0.05, 0) is 56.0 Å². The minimum absolute atomic E-state index is 0.0977. The highest BCUT2D eigenvalue weighted by Crippen LogP contribution is 2.26. The van der Waals surface area contributed by atoms with Crippen molar-refractivity contribution >= 4 is 28.5 Å². The second-order valence-corrected chi connectivity index (χ2v) is 7.33. The van der Waals surface area contributed by atoms with Gasteiger partial charge in [-0.25, -0.2) is 4.98 Å². The quantitative estimate of drug-likeness (QED) is 0.677. The fourth-order valence-corrected chi connectivity index (χ4v) is 3.56. The lowest BCUT2D eigenvalue weighted by molar-refractivity contribution is 0.0865. The first-order valence-electron chi connectivity index (χ1n) is 9.27. The molecule has 0 aliphatic heterocycles. The molecule has 0 atom stereocenters. The number of hydrogen-bond acceptors (Lipinski definition) is 5. The molecule has 0 radical (unpaired) electrons. The lowest BCUT2D eigenvalue weighted by Crippen LogP contribution is -2.39. The smallest absolute Gasteiger partial charge is 0.287 e. The third-order valence-electron chi connectivity index (χ3n) is 4.94. The van der Waals surface area contributed by atoms with Crippen LogP contribution in [0.4, 0.5) is 0 Å². The molecule has 1 aromatic carbocycles. The summed E-state index contributed by atoms with van der Waals surface area (Å²) in [6, 6.07) is 10.8. The summed E-state index contributed by atoms with van der Waals surface area (Å²) in [7, 11) is 1.61. The standard InChI is InChI=1S/C21H21ClN2O4/c1-26-17-7-8-18-13(10-17)11-19(28-18)21(25)24-15-3-5-16(6-4-15)27-20-9-2-14(22)12-23-20/h2,7-12,15-16H,3-6H2,1H3,(H,24,25). The number of hydrogen-bond donors (Lipinski definition) is 1. The number of pyridine rings is 1. The molecule has 6 nitrogen and oxygen atoms in total. The van der Waals surface area contributed by atoms with Gasteiger partial charge < -0.3 is 19.2 Å². The van der Waals surface area contributed by atoms with Gasteiger partial charge in [0.2, 0.25) is 5.88 Å². The van der Waals surface area contributed by atoms with Crippen molar-refractivity contribution in [2.45, 2.75) is 37.8 Å². The van der Waals surface area contributed by atoms with Gasteiger partial charge in [-0.15, -0.1) is 0 Å². The lowest BCUT2D eigenvalue weighted by atomic mass is 9.93. The molecule has 2 aromatic heterocycles. The van der Waals surface area contributed by atoms with Gasteiger partial charge in [-0.1, -0.05) is 11.6 Å². The van der Waals surface area contributed by atoms with Crippen molar-refractivity contribution in [1.82, 2.24) is 10.3 Å². The molecule has 1 aliphatic carbocycles. The van der Waals surface area contributed by atoms with Crippen LogP contribution in [0.15, 0.2) is 47.0 Å². The van der Waals surface area contributed by atoms with E-state index in [-0.39, 0.29) is 18.1 Å². The Balaban J connectivity index is 1.31. The van der Waals surface area contributed by atoms with Gasteiger partial charge >= 0.3 is 0 Å². The molecule has 146 valence electrons. The predicted octanol–water partition coefficient (Wildman–Crippen LogP) is 4.61. The van der Waals surface area contributed by atoms with E-state index in [1.54, 1.807) is 37.6 Å². The monoisotopic (exact) mass is 400 g/mol. The third kappa shape index (κ3) is 4.22. The maximum absolute atomic E-state index is 12.6. The van der Waals surface area contributed by atoms with Crippen LogP contribution in [0.1, 0.15) is 36.2 Å². The Morgan fingerprint density at radius 2 is 2.00 bits per heavy atom. The molecule has 1 aliphatic rings. The van der Waals surface area contributed by atoms with E-state index in [4.69, 9.17) is 25.5 Å². The van der Waals surface area contributed by atoms with Gasteiger partial charge in [0.05, 0.1) is 12.1 Å². The summed E-state index contributed by atoms with van der Waals surface area (Å²) in [5.74, 6) is 1.43. The number of benzene rings is 1. The van der Waals surface area contributed by atoms with Gasteiger partial charge in [-0.3, -0.25) is 4.79 Å². The number of nitrogens with zero attached hydrogens (tertiary/aromatic N) is 1. The van der Waals surface area contributed by atoms with Crippen molar-refractivity contribution < 1.29 is 18.7 Å². The van der Waals surface area contributed by atoms with Crippen molar-refractivity contribution in [2.75, 3.05) is 7.11 Å². The van der Waals surface area contributed by atoms with Gasteiger partial charge in [-0.2, -0.15) is 0 Å². The Morgan fingerprint density at radius 1 is 1.18 bits per heavy atom. The van der Waals surface area contributed by atoms with Crippen LogP contribution in [-0.4, -0.2) is 30.1 Å². The van der Waals surface area contributed by atoms with E-state index in [1.165, 1.54) is 0 Å². The topological polar surface area (TPSA) is 73.6 Å². The Labute approximate surface area is 167 Å². The zero-order valence-electron chi connectivity index (χ0n) is 15.5. The van der Waals surface area contributed by atoms with E-state index in [9.17, 15) is 4.79 Å². The van der Waals surface area contributed by atoms with Crippen LogP contribution in [0, 0.1) is 0 Å². The van der Waals surface area contributed by atoms with Crippen molar-refractivity contribution in [3.05, 3.63) is 53.4 Å². The minimum atomic E-state index is -0.195. The van der Waals surface area contributed by atoms with Crippen LogP contribution < -0.4 is 14.8 Å². The highest BCUT2D eigenvalue weighted by Gasteiger charge is 2.25. The average Bonchev–Trinajstić information content (AvgIpc) is 3.14. The Morgan fingerprint density at radius 3 is 2.71 bits per heavy atom. The number of rotatable bonds is 5. The fraction of sp³-hybridized carbons (Fsp3) is 0.333. The summed E-state index contributed by atoms with van der Waals surface area (Å²) in [6.07, 6.45) is 5.07. The van der Waals surface area contributed by atoms with Gasteiger partial charge in [0, 0.05) is 23.7 Å². The summed E-state index contributed by atoms with van der Waals surface area (Å²) >= 11 is 5.84. The predicted molar refractivity (Wildman–Crippen MR) is 106 cm³/mol. The Kier molecular flexibility index (Phi) is 5.39. The Hall–Kier alpha value is -2.73. The second-order valence-electron chi connectivity index (χ2n) is 6.89. The first-order chi connectivity index (χ1) is 13.6. The molecule has 7 heteroatoms. The van der Waals surface area contributed by atoms with Crippen molar-refractivity contribution in [1.29, 1.82) is 0 Å². The molecule has 1 saturated carbocycles. The highest BCUT2D eigenvalue weighted by atomic mass is 35.5. The number of furan rings is 1. The molecular formula is C21H21ClN2O4. The van der Waals surface area contributed by atoms with E-state index in [0.29, 0.717) is 22.2 Å². The number of methoxy groups -OCH3 is 1. The number of halogens is 1. The first kappa shape index (κ1) is 18.6. The van der Waals surface area contributed by atoms with Gasteiger partial charge in [0.25, 0.3) is 5.91 Å². The molecule has 28 heavy (non-hydrogen) atoms. The first-order valence-corrected chi connectivity index (χ1v) is 9.65. The van der Waals surface area contributed by atoms with Crippen molar-refractivity contribution in [2.24, 2.45) is 0 Å². The maximum atomic E-state index is 12.6. The summed E-state index contributed by atoms with van der Waals surface area (Å²) in [6.45, 7) is 0. The average molecular weight is 401 g/mol. The number of carbonyl (C=O) groups excluding carboxylic acids is 1. The molecular weight excluding hydrogens is 380 g/mol. The van der Waals surface area contributed by atoms with Crippen LogP contribution in [0.3, 0.4) is 0 Å². The number of aromatic nitrogens is 1. The van der Waals surface area contributed by atoms with E-state index in [0.717, 1.165) is 36.8 Å². The largest absolute Gasteiger partial charge is 0.497 e. The van der Waals surface area contributed by atoms with Gasteiger partial charge in [0.15, 0.2) is 5.76 Å². The molecule has 4 rings (SSSR count). The molecule has 1 N–H and O–H groups in total. The molecule has 0 spiro atoms. The number of amides is 1. The van der Waals surface area contributed by atoms with Crippen LogP contribution in [0.5, 0.6) is 11.6 Å². The molecule has 1 amide bonds. The van der Waals surface area contributed by atoms with E-state index < -0.39 is 0 Å². The normalized spacial score (nSPS) is 19.4. The SMILES string of the molecule is COc1ccc2oc(C(=O)NC3CCC(Oc4ccc(Cl)cn4)CC3)cc2c1. The Bertz CT molecular complexity index is 962. The van der Waals surface area contributed by atoms with Crippen LogP contribution >= 0.6 is 11.6 Å². The zero-order chi connectivity index (χ0) is 19.5. The van der Waals surface area contributed by atoms with E-state index in [2.05, 4.69) is 10.3 Å². The number of ether oxygens (including phenoxy) is 2. The number of fused-ring (bicyclic) bond motifs is 1. The summed E-state index contributed by atoms with van der Waals surface area (Å²) in [4.78, 5) is 16.7. The number of nitrogens with one attached hydrogen (secondary N) is 1. The van der Waals surface area contributed by atoms with Crippen molar-refractivity contribution in [3.8, 4) is 11.6 Å². The van der Waals surface area contributed by atoms with Crippen molar-refractivity contribution in [3.63, 3.8) is 0 Å². The molecule has 3 aromatic rings. The molecule has 2 heterocycles. The third-order valence-corrected chi connectivity index (χ3v) is 5.17. The summed E-state index contributed by atoms with van der Waals surface area (Å²) in [5.41, 5.74) is 0.665. The van der Waals surface area contributed by atoms with Crippen LogP contribution in [0.2, 0.25) is 5.02 Å². The zero-order valence-corrected chi connectivity index (χ0v) is 16.2. The van der Waals surface area contributed by atoms with Crippen LogP contribution in [-0.2, 0) is 0 Å². The molecule has 0 saturated heterocycles. The van der Waals surface area contributed by atoms with Gasteiger partial charge in [0.1, 0.15) is 17.4 Å². The summed E-state index contributed by atoms with van der Waals surface area (Å²) < 4.78 is 16.8. The van der Waals surface area contributed by atoms with E-state index >= 15 is 0 Å². The fourth-order valence-electron chi connectivity index (χ4n) is 3.44. The molecule has 0 bridgehead atoms. The molecule has 0 unspecified atom stereocenters. The second kappa shape index (κ2) is 8.10. The van der Waals surface area contributed by atoms with E-state index in [1.807, 2.05) is 12.1 Å². The summed E-state index contributed by atoms with van der Waals surface area (Å²) in [5, 5.41) is 4.49. The minimum Gasteiger partial charge on any atom is -0.497 e. The highest BCUT2D eigenvalue weighted by molar-refractivity contribution is 6.30. The molecule has 1 fully saturated rings. The lowest BCUT2D eigenvalue weighted by Gasteiger charge is -2.28. The number of carbonyl (C=O) groups is 1. The maximum Gasteiger partial charge on any atom is 0.287 e.